The summed E-state index contributed by atoms with van der Waals surface area (Å²) >= 11 is 0. The first-order valence-corrected chi connectivity index (χ1v) is 6.13. The molecule has 5 heterocycles. The van der Waals surface area contributed by atoms with Crippen molar-refractivity contribution in [3.8, 4) is 11.4 Å². The highest BCUT2D eigenvalue weighted by molar-refractivity contribution is 5.81. The van der Waals surface area contributed by atoms with E-state index >= 15 is 0 Å². The van der Waals surface area contributed by atoms with Gasteiger partial charge in [-0.25, -0.2) is 4.57 Å². The zero-order valence-electron chi connectivity index (χ0n) is 9.95. The quantitative estimate of drug-likeness (QED) is 0.393. The van der Waals surface area contributed by atoms with Crippen LogP contribution >= 0.6 is 0 Å². The Morgan fingerprint density at radius 1 is 1.26 bits per heavy atom. The van der Waals surface area contributed by atoms with Crippen molar-refractivity contribution in [3.63, 3.8) is 0 Å². The van der Waals surface area contributed by atoms with E-state index in [4.69, 9.17) is 4.42 Å². The number of rotatable bonds is 0. The summed E-state index contributed by atoms with van der Waals surface area (Å²) in [5.41, 5.74) is 5.96. The van der Waals surface area contributed by atoms with Crippen molar-refractivity contribution in [1.82, 2.24) is 14.4 Å². The van der Waals surface area contributed by atoms with Crippen LogP contribution < -0.4 is 4.57 Å². The minimum atomic E-state index is 0.797. The van der Waals surface area contributed by atoms with Gasteiger partial charge in [0.2, 0.25) is 5.69 Å². The lowest BCUT2D eigenvalue weighted by molar-refractivity contribution is -0.671. The molecule has 0 radical (unpaired) electrons. The van der Waals surface area contributed by atoms with Gasteiger partial charge in [0.25, 0.3) is 6.33 Å². The highest BCUT2D eigenvalue weighted by atomic mass is 16.3. The summed E-state index contributed by atoms with van der Waals surface area (Å²) in [6, 6.07) is 6.04. The van der Waals surface area contributed by atoms with Crippen LogP contribution in [-0.4, -0.2) is 14.4 Å². The lowest BCUT2D eigenvalue weighted by atomic mass is 10.2. The second-order valence-corrected chi connectivity index (χ2v) is 4.72. The molecule has 1 aliphatic rings. The molecule has 0 unspecified atom stereocenters. The molecule has 0 spiro atoms. The summed E-state index contributed by atoms with van der Waals surface area (Å²) in [7, 11) is 0. The van der Waals surface area contributed by atoms with E-state index in [1.165, 1.54) is 5.56 Å². The van der Waals surface area contributed by atoms with Crippen molar-refractivity contribution in [3.05, 3.63) is 48.7 Å². The van der Waals surface area contributed by atoms with E-state index in [0.717, 1.165) is 34.7 Å². The van der Waals surface area contributed by atoms with Gasteiger partial charge in [-0.15, -0.1) is 0 Å². The van der Waals surface area contributed by atoms with Crippen molar-refractivity contribution in [2.75, 3.05) is 0 Å². The Morgan fingerprint density at radius 3 is 3.26 bits per heavy atom. The maximum atomic E-state index is 5.93. The number of pyridine rings is 2. The summed E-state index contributed by atoms with van der Waals surface area (Å²) in [5, 5.41) is 0. The molecule has 0 aliphatic carbocycles. The van der Waals surface area contributed by atoms with E-state index in [1.54, 1.807) is 12.4 Å². The monoisotopic (exact) mass is 249 g/mol. The van der Waals surface area contributed by atoms with Gasteiger partial charge >= 0.3 is 5.71 Å². The number of oxazole rings is 1. The summed E-state index contributed by atoms with van der Waals surface area (Å²) in [6.45, 7) is 0.849. The molecule has 0 fully saturated rings. The second-order valence-electron chi connectivity index (χ2n) is 4.72. The molecule has 90 valence electrons. The fourth-order valence-electron chi connectivity index (χ4n) is 2.83. The van der Waals surface area contributed by atoms with Crippen LogP contribution in [0, 0.1) is 0 Å². The molecule has 5 nitrogen and oxygen atoms in total. The molecular formula is C14H9N4O+. The van der Waals surface area contributed by atoms with Crippen molar-refractivity contribution >= 4 is 16.8 Å². The lowest BCUT2D eigenvalue weighted by Crippen LogP contribution is -2.29. The summed E-state index contributed by atoms with van der Waals surface area (Å²) < 4.78 is 10.2. The molecule has 4 aromatic heterocycles. The van der Waals surface area contributed by atoms with E-state index in [2.05, 4.69) is 31.3 Å². The van der Waals surface area contributed by atoms with E-state index in [0.29, 0.717) is 0 Å². The van der Waals surface area contributed by atoms with E-state index < -0.39 is 0 Å². The average molecular weight is 249 g/mol. The van der Waals surface area contributed by atoms with E-state index in [1.807, 2.05) is 18.3 Å². The van der Waals surface area contributed by atoms with E-state index in [-0.39, 0.29) is 0 Å². The first-order chi connectivity index (χ1) is 9.42. The number of hydrogen-bond donors (Lipinski definition) is 0. The Labute approximate surface area is 107 Å². The Morgan fingerprint density at radius 2 is 2.26 bits per heavy atom. The highest BCUT2D eigenvalue weighted by Gasteiger charge is 2.33. The van der Waals surface area contributed by atoms with Crippen LogP contribution in [0.2, 0.25) is 0 Å². The third kappa shape index (κ3) is 1.03. The molecule has 0 amide bonds. The first-order valence-electron chi connectivity index (χ1n) is 6.13. The zero-order chi connectivity index (χ0) is 12.4. The van der Waals surface area contributed by atoms with Crippen LogP contribution in [0.5, 0.6) is 0 Å². The smallest absolute Gasteiger partial charge is 0.346 e. The van der Waals surface area contributed by atoms with Gasteiger partial charge in [0.1, 0.15) is 12.2 Å². The minimum Gasteiger partial charge on any atom is -0.413 e. The van der Waals surface area contributed by atoms with Crippen LogP contribution in [0.25, 0.3) is 28.2 Å². The van der Waals surface area contributed by atoms with E-state index in [9.17, 15) is 0 Å². The Kier molecular flexibility index (Phi) is 1.46. The van der Waals surface area contributed by atoms with Gasteiger partial charge in [0.15, 0.2) is 11.1 Å². The fraction of sp³-hybridized carbons (Fsp3) is 0.0714. The van der Waals surface area contributed by atoms with Crippen LogP contribution in [0.4, 0.5) is 0 Å². The van der Waals surface area contributed by atoms with Gasteiger partial charge in [-0.3, -0.25) is 9.97 Å². The molecule has 0 N–H and O–H groups in total. The zero-order valence-corrected chi connectivity index (χ0v) is 9.95. The van der Waals surface area contributed by atoms with Crippen LogP contribution in [0.15, 0.2) is 47.5 Å². The van der Waals surface area contributed by atoms with Gasteiger partial charge in [0, 0.05) is 24.0 Å². The normalized spacial score (nSPS) is 13.1. The van der Waals surface area contributed by atoms with Gasteiger partial charge in [-0.2, -0.15) is 4.40 Å². The van der Waals surface area contributed by atoms with Crippen molar-refractivity contribution in [2.24, 2.45) is 0 Å². The largest absolute Gasteiger partial charge is 0.413 e. The summed E-state index contributed by atoms with van der Waals surface area (Å²) in [5.74, 6) is 0. The molecule has 5 heteroatoms. The predicted molar refractivity (Wildman–Crippen MR) is 67.5 cm³/mol. The fourth-order valence-corrected chi connectivity index (χ4v) is 2.83. The van der Waals surface area contributed by atoms with Crippen molar-refractivity contribution in [1.29, 1.82) is 0 Å². The molecule has 0 saturated heterocycles. The molecule has 1 aliphatic heterocycles. The molecule has 0 atom stereocenters. The third-order valence-electron chi connectivity index (χ3n) is 3.65. The summed E-state index contributed by atoms with van der Waals surface area (Å²) in [4.78, 5) is 8.58. The summed E-state index contributed by atoms with van der Waals surface area (Å²) in [6.07, 6.45) is 7.41. The molecule has 0 aromatic carbocycles. The minimum absolute atomic E-state index is 0.797. The van der Waals surface area contributed by atoms with Gasteiger partial charge in [-0.05, 0) is 6.07 Å². The Bertz CT molecular complexity index is 951. The molecule has 0 bridgehead atoms. The first kappa shape index (κ1) is 9.27. The second kappa shape index (κ2) is 3.00. The molecular weight excluding hydrogens is 240 g/mol. The number of fused-ring (bicyclic) bond motifs is 7. The number of aromatic nitrogens is 4. The van der Waals surface area contributed by atoms with Gasteiger partial charge in [-0.1, -0.05) is 6.07 Å². The maximum absolute atomic E-state index is 5.93. The SMILES string of the molecule is c1cnc2c(c1)C[n+]1cn3c(oc4cnccc43)c1-2. The number of imidazole rings is 1. The molecule has 4 aromatic rings. The Hall–Kier alpha value is -2.69. The number of nitrogens with zero attached hydrogens (tertiary/aromatic N) is 4. The maximum Gasteiger partial charge on any atom is 0.346 e. The topological polar surface area (TPSA) is 47.2 Å². The highest BCUT2D eigenvalue weighted by Crippen LogP contribution is 2.31. The van der Waals surface area contributed by atoms with Crippen molar-refractivity contribution < 1.29 is 8.98 Å². The third-order valence-corrected chi connectivity index (χ3v) is 3.65. The van der Waals surface area contributed by atoms with Crippen LogP contribution in [0.1, 0.15) is 5.56 Å². The predicted octanol–water partition coefficient (Wildman–Crippen LogP) is 1.79. The van der Waals surface area contributed by atoms with Gasteiger partial charge < -0.3 is 4.42 Å². The van der Waals surface area contributed by atoms with Gasteiger partial charge in [0.05, 0.1) is 6.20 Å². The molecule has 0 saturated carbocycles. The van der Waals surface area contributed by atoms with Crippen molar-refractivity contribution in [2.45, 2.75) is 6.54 Å². The van der Waals surface area contributed by atoms with Crippen LogP contribution in [0.3, 0.4) is 0 Å². The Balaban J connectivity index is 1.97. The van der Waals surface area contributed by atoms with Crippen LogP contribution in [-0.2, 0) is 6.54 Å². The average Bonchev–Trinajstić information content (AvgIpc) is 3.05. The standard InChI is InChI=1S/C14H9N4O/c1-2-9-7-17-8-18-10-3-5-15-6-11(10)19-14(18)13(17)12(9)16-4-1/h1-6,8H,7H2/q+1. The lowest BCUT2D eigenvalue weighted by Gasteiger charge is -1.90. The number of hydrogen-bond acceptors (Lipinski definition) is 3. The molecule has 5 rings (SSSR count). The molecule has 19 heavy (non-hydrogen) atoms.